The Balaban J connectivity index is 1.84. The average Bonchev–Trinajstić information content (AvgIpc) is 2.98. The number of allylic oxidation sites excluding steroid dienone is 2. The van der Waals surface area contributed by atoms with Crippen LogP contribution in [0.3, 0.4) is 0 Å². The molecule has 0 radical (unpaired) electrons. The zero-order valence-corrected chi connectivity index (χ0v) is 14.1. The number of ether oxygens (including phenoxy) is 1. The highest BCUT2D eigenvalue weighted by molar-refractivity contribution is 6.39. The van der Waals surface area contributed by atoms with Gasteiger partial charge in [0.25, 0.3) is 0 Å². The highest BCUT2D eigenvalue weighted by Crippen LogP contribution is 2.38. The maximum Gasteiger partial charge on any atom is 0.166 e. The lowest BCUT2D eigenvalue weighted by Gasteiger charge is -2.18. The summed E-state index contributed by atoms with van der Waals surface area (Å²) in [5, 5.41) is 13.5. The van der Waals surface area contributed by atoms with Crippen LogP contribution >= 0.6 is 23.2 Å². The predicted molar refractivity (Wildman–Crippen MR) is 96.7 cm³/mol. The molecule has 0 amide bonds. The number of nitrogens with one attached hydrogen (secondary N) is 1. The zero-order chi connectivity index (χ0) is 16.9. The van der Waals surface area contributed by atoms with Gasteiger partial charge in [0.05, 0.1) is 15.7 Å². The second-order valence-corrected chi connectivity index (χ2v) is 5.75. The molecule has 1 aliphatic heterocycles. The van der Waals surface area contributed by atoms with E-state index >= 15 is 0 Å². The minimum atomic E-state index is 0.178. The summed E-state index contributed by atoms with van der Waals surface area (Å²) in [5.41, 5.74) is 1.87. The molecule has 0 saturated heterocycles. The number of anilines is 2. The summed E-state index contributed by atoms with van der Waals surface area (Å²) < 4.78 is 5.61. The maximum atomic E-state index is 9.50. The third kappa shape index (κ3) is 3.33. The van der Waals surface area contributed by atoms with Crippen LogP contribution in [0.1, 0.15) is 0 Å². The molecule has 0 spiro atoms. The first-order valence-corrected chi connectivity index (χ1v) is 7.93. The Morgan fingerprint density at radius 2 is 1.79 bits per heavy atom. The molecule has 2 aromatic rings. The summed E-state index contributed by atoms with van der Waals surface area (Å²) in [5.74, 6) is 0.455. The van der Waals surface area contributed by atoms with Gasteiger partial charge in [-0.25, -0.2) is 0 Å². The summed E-state index contributed by atoms with van der Waals surface area (Å²) in [4.78, 5) is 1.66. The largest absolute Gasteiger partial charge is 0.470 e. The van der Waals surface area contributed by atoms with E-state index in [0.717, 1.165) is 5.69 Å². The predicted octanol–water partition coefficient (Wildman–Crippen LogP) is 5.15. The first-order valence-electron chi connectivity index (χ1n) is 7.17. The van der Waals surface area contributed by atoms with E-state index in [1.807, 2.05) is 30.3 Å². The van der Waals surface area contributed by atoms with Crippen LogP contribution in [0.5, 0.6) is 0 Å². The smallest absolute Gasteiger partial charge is 0.166 e. The van der Waals surface area contributed by atoms with Gasteiger partial charge in [0.15, 0.2) is 18.2 Å². The molecule has 0 atom stereocenters. The molecule has 4 nitrogen and oxygen atoms in total. The van der Waals surface area contributed by atoms with Crippen molar-refractivity contribution in [3.05, 3.63) is 82.3 Å². The molecule has 6 heteroatoms. The molecule has 0 saturated carbocycles. The van der Waals surface area contributed by atoms with E-state index in [2.05, 4.69) is 11.4 Å². The fourth-order valence-corrected chi connectivity index (χ4v) is 2.92. The van der Waals surface area contributed by atoms with Gasteiger partial charge in [-0.05, 0) is 30.3 Å². The number of nitrogens with zero attached hydrogens (tertiary/aromatic N) is 2. The number of para-hydroxylation sites is 2. The third-order valence-electron chi connectivity index (χ3n) is 3.42. The number of hydrogen-bond acceptors (Lipinski definition) is 4. The maximum absolute atomic E-state index is 9.50. The minimum Gasteiger partial charge on any atom is -0.470 e. The van der Waals surface area contributed by atoms with E-state index in [4.69, 9.17) is 27.9 Å². The number of rotatable bonds is 4. The second-order valence-electron chi connectivity index (χ2n) is 4.94. The topological polar surface area (TPSA) is 48.3 Å². The van der Waals surface area contributed by atoms with Crippen LogP contribution in [0.4, 0.5) is 11.4 Å². The average molecular weight is 358 g/mol. The van der Waals surface area contributed by atoms with Gasteiger partial charge in [-0.15, -0.1) is 0 Å². The molecule has 1 heterocycles. The zero-order valence-electron chi connectivity index (χ0n) is 12.5. The molecule has 0 aliphatic carbocycles. The molecule has 0 unspecified atom stereocenters. The van der Waals surface area contributed by atoms with Gasteiger partial charge < -0.3 is 10.1 Å². The van der Waals surface area contributed by atoms with Crippen molar-refractivity contribution in [2.45, 2.75) is 0 Å². The molecule has 3 rings (SSSR count). The van der Waals surface area contributed by atoms with Crippen LogP contribution in [0.15, 0.2) is 72.3 Å². The van der Waals surface area contributed by atoms with E-state index in [9.17, 15) is 5.26 Å². The molecular formula is C18H13Cl2N3O. The fraction of sp³-hybridized carbons (Fsp3) is 0.0556. The molecule has 120 valence electrons. The van der Waals surface area contributed by atoms with Crippen LogP contribution in [0.2, 0.25) is 10.0 Å². The van der Waals surface area contributed by atoms with E-state index in [0.29, 0.717) is 27.2 Å². The van der Waals surface area contributed by atoms with Gasteiger partial charge in [-0.3, -0.25) is 4.90 Å². The molecule has 2 aromatic carbocycles. The van der Waals surface area contributed by atoms with Crippen LogP contribution in [0.25, 0.3) is 0 Å². The number of nitriles is 1. The van der Waals surface area contributed by atoms with Crippen molar-refractivity contribution in [3.63, 3.8) is 0 Å². The number of benzene rings is 2. The van der Waals surface area contributed by atoms with Gasteiger partial charge >= 0.3 is 0 Å². The van der Waals surface area contributed by atoms with Gasteiger partial charge in [0.1, 0.15) is 6.07 Å². The van der Waals surface area contributed by atoms with E-state index in [1.54, 1.807) is 35.4 Å². The lowest BCUT2D eigenvalue weighted by molar-refractivity contribution is 0.257. The molecular weight excluding hydrogens is 345 g/mol. The Hall–Kier alpha value is -2.61. The molecule has 1 aliphatic rings. The normalized spacial score (nSPS) is 14.0. The van der Waals surface area contributed by atoms with E-state index < -0.39 is 0 Å². The summed E-state index contributed by atoms with van der Waals surface area (Å²) in [7, 11) is 0. The van der Waals surface area contributed by atoms with E-state index in [-0.39, 0.29) is 6.73 Å². The van der Waals surface area contributed by atoms with Gasteiger partial charge in [0.2, 0.25) is 0 Å². The first-order chi connectivity index (χ1) is 11.7. The Morgan fingerprint density at radius 1 is 1.08 bits per heavy atom. The highest BCUT2D eigenvalue weighted by Gasteiger charge is 2.27. The van der Waals surface area contributed by atoms with Gasteiger partial charge in [-0.1, -0.05) is 47.5 Å². The van der Waals surface area contributed by atoms with Crippen molar-refractivity contribution in [2.24, 2.45) is 0 Å². The van der Waals surface area contributed by atoms with Crippen molar-refractivity contribution in [2.75, 3.05) is 16.9 Å². The van der Waals surface area contributed by atoms with Crippen LogP contribution in [-0.2, 0) is 4.74 Å². The van der Waals surface area contributed by atoms with Gasteiger partial charge in [0, 0.05) is 11.9 Å². The Kier molecular flexibility index (Phi) is 4.95. The van der Waals surface area contributed by atoms with Crippen molar-refractivity contribution in [1.82, 2.24) is 0 Å². The lowest BCUT2D eigenvalue weighted by Crippen LogP contribution is -2.19. The molecule has 0 bridgehead atoms. The Morgan fingerprint density at radius 3 is 2.46 bits per heavy atom. The molecule has 24 heavy (non-hydrogen) atoms. The third-order valence-corrected chi connectivity index (χ3v) is 4.03. The van der Waals surface area contributed by atoms with Crippen LogP contribution in [-0.4, -0.2) is 6.73 Å². The minimum absolute atomic E-state index is 0.178. The SMILES string of the molecule is N#CC1=C(C=CNc2ccccc2)OCN1c1c(Cl)cccc1Cl. The monoisotopic (exact) mass is 357 g/mol. The second kappa shape index (κ2) is 7.31. The standard InChI is InChI=1S/C18H13Cl2N3O/c19-14-7-4-8-15(20)18(14)23-12-24-17(16(23)11-21)9-10-22-13-5-2-1-3-6-13/h1-10,22H,12H2. The molecule has 0 aromatic heterocycles. The van der Waals surface area contributed by atoms with Crippen molar-refractivity contribution in [1.29, 1.82) is 5.26 Å². The lowest BCUT2D eigenvalue weighted by atomic mass is 10.2. The summed E-state index contributed by atoms with van der Waals surface area (Å²) in [6.45, 7) is 0.178. The number of halogens is 2. The van der Waals surface area contributed by atoms with Gasteiger partial charge in [-0.2, -0.15) is 5.26 Å². The molecule has 1 N–H and O–H groups in total. The summed E-state index contributed by atoms with van der Waals surface area (Å²) >= 11 is 12.4. The van der Waals surface area contributed by atoms with Crippen molar-refractivity contribution in [3.8, 4) is 6.07 Å². The first kappa shape index (κ1) is 16.3. The highest BCUT2D eigenvalue weighted by atomic mass is 35.5. The van der Waals surface area contributed by atoms with Crippen LogP contribution < -0.4 is 10.2 Å². The quantitative estimate of drug-likeness (QED) is 0.821. The van der Waals surface area contributed by atoms with E-state index in [1.165, 1.54) is 0 Å². The summed E-state index contributed by atoms with van der Waals surface area (Å²) in [6.07, 6.45) is 3.43. The fourth-order valence-electron chi connectivity index (χ4n) is 2.31. The summed E-state index contributed by atoms with van der Waals surface area (Å²) in [6, 6.07) is 17.0. The van der Waals surface area contributed by atoms with Crippen molar-refractivity contribution < 1.29 is 4.74 Å². The molecule has 0 fully saturated rings. The Bertz CT molecular complexity index is 821. The Labute approximate surface area is 150 Å². The number of hydrogen-bond donors (Lipinski definition) is 1. The van der Waals surface area contributed by atoms with Crippen LogP contribution in [0, 0.1) is 11.3 Å². The van der Waals surface area contributed by atoms with Crippen molar-refractivity contribution >= 4 is 34.6 Å².